The average molecular weight is 313 g/mol. The van der Waals surface area contributed by atoms with E-state index in [1.165, 1.54) is 0 Å². The van der Waals surface area contributed by atoms with E-state index >= 15 is 0 Å². The van der Waals surface area contributed by atoms with Crippen LogP contribution in [0.25, 0.3) is 0 Å². The Balaban J connectivity index is 1.71. The Kier molecular flexibility index (Phi) is 6.06. The van der Waals surface area contributed by atoms with E-state index in [9.17, 15) is 8.42 Å². The highest BCUT2D eigenvalue weighted by atomic mass is 32.2. The normalized spacial score (nSPS) is 24.0. The first-order chi connectivity index (χ1) is 10.0. The van der Waals surface area contributed by atoms with Crippen LogP contribution in [0.4, 0.5) is 0 Å². The van der Waals surface area contributed by atoms with Crippen molar-refractivity contribution < 1.29 is 8.42 Å². The molecule has 0 spiro atoms. The number of likely N-dealkylation sites (tertiary alicyclic amines) is 1. The summed E-state index contributed by atoms with van der Waals surface area (Å²) >= 11 is 0. The first kappa shape index (κ1) is 16.8. The molecule has 0 atom stereocenters. The summed E-state index contributed by atoms with van der Waals surface area (Å²) in [4.78, 5) is 2.31. The van der Waals surface area contributed by atoms with Crippen LogP contribution in [0.1, 0.15) is 32.6 Å². The minimum absolute atomic E-state index is 0.207. The van der Waals surface area contributed by atoms with Crippen molar-refractivity contribution in [3.05, 3.63) is 0 Å². The van der Waals surface area contributed by atoms with Gasteiger partial charge in [-0.25, -0.2) is 12.7 Å². The van der Waals surface area contributed by atoms with Crippen molar-refractivity contribution in [2.24, 2.45) is 0 Å². The van der Waals surface area contributed by atoms with Crippen molar-refractivity contribution in [2.45, 2.75) is 44.7 Å². The third kappa shape index (κ3) is 4.68. The molecule has 0 aromatic rings. The lowest BCUT2D eigenvalue weighted by Gasteiger charge is -2.37. The lowest BCUT2D eigenvalue weighted by molar-refractivity contribution is 0.193. The Morgan fingerprint density at radius 2 is 1.62 bits per heavy atom. The molecule has 120 valence electrons. The van der Waals surface area contributed by atoms with Gasteiger partial charge in [-0.1, -0.05) is 5.92 Å². The van der Waals surface area contributed by atoms with Gasteiger partial charge in [-0.15, -0.1) is 6.42 Å². The molecule has 0 bridgehead atoms. The largest absolute Gasteiger partial charge is 0.311 e. The number of piperidine rings is 2. The van der Waals surface area contributed by atoms with E-state index in [4.69, 9.17) is 6.42 Å². The summed E-state index contributed by atoms with van der Waals surface area (Å²) in [6, 6.07) is 1.01. The third-order valence-electron chi connectivity index (χ3n) is 4.59. The summed E-state index contributed by atoms with van der Waals surface area (Å²) < 4.78 is 25.3. The molecule has 2 saturated heterocycles. The van der Waals surface area contributed by atoms with E-state index in [0.717, 1.165) is 45.3 Å². The van der Waals surface area contributed by atoms with E-state index in [0.29, 0.717) is 25.2 Å². The molecule has 2 rings (SSSR count). The van der Waals surface area contributed by atoms with E-state index in [2.05, 4.69) is 16.1 Å². The van der Waals surface area contributed by atoms with Gasteiger partial charge in [0.15, 0.2) is 0 Å². The molecule has 6 heteroatoms. The molecular weight excluding hydrogens is 286 g/mol. The first-order valence-electron chi connectivity index (χ1n) is 7.95. The number of terminal acetylenes is 1. The maximum Gasteiger partial charge on any atom is 0.213 e. The summed E-state index contributed by atoms with van der Waals surface area (Å²) in [5.74, 6) is 2.91. The number of rotatable bonds is 5. The van der Waals surface area contributed by atoms with Crippen LogP contribution in [0.5, 0.6) is 0 Å². The maximum absolute atomic E-state index is 11.8. The second kappa shape index (κ2) is 7.59. The van der Waals surface area contributed by atoms with Gasteiger partial charge >= 0.3 is 0 Å². The third-order valence-corrected chi connectivity index (χ3v) is 6.47. The summed E-state index contributed by atoms with van der Waals surface area (Å²) in [6.45, 7) is 5.90. The van der Waals surface area contributed by atoms with Gasteiger partial charge in [-0.3, -0.25) is 4.90 Å². The van der Waals surface area contributed by atoms with Gasteiger partial charge in [-0.05, 0) is 32.6 Å². The fraction of sp³-hybridized carbons (Fsp3) is 0.867. The quantitative estimate of drug-likeness (QED) is 0.751. The monoisotopic (exact) mass is 313 g/mol. The molecule has 0 aromatic carbocycles. The van der Waals surface area contributed by atoms with Crippen LogP contribution in [0.3, 0.4) is 0 Å². The Bertz CT molecular complexity index is 456. The van der Waals surface area contributed by atoms with Crippen LogP contribution < -0.4 is 5.32 Å². The molecule has 5 nitrogen and oxygen atoms in total. The van der Waals surface area contributed by atoms with Crippen molar-refractivity contribution in [1.29, 1.82) is 0 Å². The number of hydrogen-bond acceptors (Lipinski definition) is 4. The fourth-order valence-electron chi connectivity index (χ4n) is 3.20. The molecule has 2 aliphatic heterocycles. The number of hydrogen-bond donors (Lipinski definition) is 1. The predicted molar refractivity (Wildman–Crippen MR) is 85.5 cm³/mol. The molecule has 1 N–H and O–H groups in total. The number of nitrogens with zero attached hydrogens (tertiary/aromatic N) is 2. The Labute approximate surface area is 129 Å². The van der Waals surface area contributed by atoms with Crippen LogP contribution in [0.2, 0.25) is 0 Å². The second-order valence-electron chi connectivity index (χ2n) is 6.00. The van der Waals surface area contributed by atoms with Gasteiger partial charge in [0.2, 0.25) is 10.0 Å². The standard InChI is InChI=1S/C15H27N3O2S/c1-3-9-17-10-5-14(6-11-17)16-15-7-12-18(13-8-15)21(19,20)4-2/h1,14-16H,4-13H2,2H3. The van der Waals surface area contributed by atoms with Gasteiger partial charge in [-0.2, -0.15) is 0 Å². The first-order valence-corrected chi connectivity index (χ1v) is 9.55. The van der Waals surface area contributed by atoms with Crippen molar-refractivity contribution >= 4 is 10.0 Å². The highest BCUT2D eigenvalue weighted by Crippen LogP contribution is 2.17. The van der Waals surface area contributed by atoms with E-state index in [-0.39, 0.29) is 5.75 Å². The van der Waals surface area contributed by atoms with Crippen LogP contribution in [0, 0.1) is 12.3 Å². The summed E-state index contributed by atoms with van der Waals surface area (Å²) in [5, 5.41) is 3.71. The SMILES string of the molecule is C#CCN1CCC(NC2CCN(S(=O)(=O)CC)CC2)CC1. The van der Waals surface area contributed by atoms with Gasteiger partial charge < -0.3 is 5.32 Å². The zero-order valence-electron chi connectivity index (χ0n) is 12.9. The van der Waals surface area contributed by atoms with Gasteiger partial charge in [0.1, 0.15) is 0 Å². The van der Waals surface area contributed by atoms with E-state index < -0.39 is 10.0 Å². The van der Waals surface area contributed by atoms with E-state index in [1.54, 1.807) is 11.2 Å². The minimum Gasteiger partial charge on any atom is -0.311 e. The van der Waals surface area contributed by atoms with Crippen LogP contribution in [-0.4, -0.2) is 68.2 Å². The molecule has 0 aromatic heterocycles. The molecule has 0 amide bonds. The van der Waals surface area contributed by atoms with Crippen LogP contribution in [-0.2, 0) is 10.0 Å². The molecule has 0 saturated carbocycles. The molecule has 0 radical (unpaired) electrons. The van der Waals surface area contributed by atoms with E-state index in [1.807, 2.05) is 0 Å². The Morgan fingerprint density at radius 3 is 2.10 bits per heavy atom. The molecule has 2 aliphatic rings. The molecule has 2 fully saturated rings. The van der Waals surface area contributed by atoms with Gasteiger partial charge in [0.05, 0.1) is 12.3 Å². The van der Waals surface area contributed by atoms with Crippen molar-refractivity contribution in [3.63, 3.8) is 0 Å². The molecular formula is C15H27N3O2S. The van der Waals surface area contributed by atoms with Crippen molar-refractivity contribution in [3.8, 4) is 12.3 Å². The number of nitrogens with one attached hydrogen (secondary N) is 1. The minimum atomic E-state index is -3.01. The highest BCUT2D eigenvalue weighted by Gasteiger charge is 2.28. The molecule has 2 heterocycles. The Hall–Kier alpha value is -0.610. The van der Waals surface area contributed by atoms with Crippen LogP contribution >= 0.6 is 0 Å². The average Bonchev–Trinajstić information content (AvgIpc) is 2.50. The Morgan fingerprint density at radius 1 is 1.10 bits per heavy atom. The molecule has 0 aliphatic carbocycles. The predicted octanol–water partition coefficient (Wildman–Crippen LogP) is 0.488. The van der Waals surface area contributed by atoms with Crippen molar-refractivity contribution in [1.82, 2.24) is 14.5 Å². The smallest absolute Gasteiger partial charge is 0.213 e. The maximum atomic E-state index is 11.8. The summed E-state index contributed by atoms with van der Waals surface area (Å²) in [7, 11) is -3.01. The van der Waals surface area contributed by atoms with Crippen molar-refractivity contribution in [2.75, 3.05) is 38.5 Å². The van der Waals surface area contributed by atoms with Crippen LogP contribution in [0.15, 0.2) is 0 Å². The number of sulfonamides is 1. The topological polar surface area (TPSA) is 52.6 Å². The molecule has 0 unspecified atom stereocenters. The fourth-order valence-corrected chi connectivity index (χ4v) is 4.34. The van der Waals surface area contributed by atoms with Gasteiger partial charge in [0, 0.05) is 38.3 Å². The summed E-state index contributed by atoms with van der Waals surface area (Å²) in [6.07, 6.45) is 9.45. The summed E-state index contributed by atoms with van der Waals surface area (Å²) in [5.41, 5.74) is 0. The highest BCUT2D eigenvalue weighted by molar-refractivity contribution is 7.89. The van der Waals surface area contributed by atoms with Gasteiger partial charge in [0.25, 0.3) is 0 Å². The zero-order chi connectivity index (χ0) is 15.3. The zero-order valence-corrected chi connectivity index (χ0v) is 13.7. The molecule has 21 heavy (non-hydrogen) atoms. The lowest BCUT2D eigenvalue weighted by atomic mass is 10.0. The second-order valence-corrected chi connectivity index (χ2v) is 8.25. The lowest BCUT2D eigenvalue weighted by Crippen LogP contribution is -2.50.